The molecule has 2 N–H and O–H groups in total. The van der Waals surface area contributed by atoms with Gasteiger partial charge in [0.05, 0.1) is 12.6 Å². The molecule has 0 radical (unpaired) electrons. The molecule has 26 heavy (non-hydrogen) atoms. The maximum atomic E-state index is 13.2. The van der Waals surface area contributed by atoms with Gasteiger partial charge in [0.1, 0.15) is 0 Å². The van der Waals surface area contributed by atoms with Gasteiger partial charge in [0.25, 0.3) is 5.91 Å². The average Bonchev–Trinajstić information content (AvgIpc) is 3.10. The first-order valence-electron chi connectivity index (χ1n) is 8.84. The number of nitrogens with zero attached hydrogens (tertiary/aromatic N) is 2. The van der Waals surface area contributed by atoms with Crippen molar-refractivity contribution in [2.24, 2.45) is 0 Å². The Balaban J connectivity index is 1.70. The zero-order chi connectivity index (χ0) is 18.1. The monoisotopic (exact) mass is 351 g/mol. The van der Waals surface area contributed by atoms with Crippen LogP contribution in [0.1, 0.15) is 34.3 Å². The van der Waals surface area contributed by atoms with Crippen molar-refractivity contribution in [3.63, 3.8) is 0 Å². The molecule has 0 bridgehead atoms. The predicted octanol–water partition coefficient (Wildman–Crippen LogP) is 2.32. The van der Waals surface area contributed by atoms with Gasteiger partial charge in [0, 0.05) is 17.8 Å². The predicted molar refractivity (Wildman–Crippen MR) is 96.8 cm³/mol. The fraction of sp³-hybridized carbons (Fsp3) is 0.300. The Bertz CT molecular complexity index is 852. The van der Waals surface area contributed by atoms with Crippen molar-refractivity contribution in [1.29, 1.82) is 0 Å². The zero-order valence-corrected chi connectivity index (χ0v) is 14.4. The van der Waals surface area contributed by atoms with E-state index in [0.29, 0.717) is 12.1 Å². The van der Waals surface area contributed by atoms with Crippen LogP contribution in [0.4, 0.5) is 5.69 Å². The van der Waals surface area contributed by atoms with E-state index >= 15 is 0 Å². The van der Waals surface area contributed by atoms with Crippen LogP contribution in [0.15, 0.2) is 48.5 Å². The van der Waals surface area contributed by atoms with Crippen LogP contribution in [0, 0.1) is 0 Å². The van der Waals surface area contributed by atoms with Gasteiger partial charge in [-0.3, -0.25) is 19.7 Å². The maximum Gasteiger partial charge on any atom is 0.274 e. The first kappa shape index (κ1) is 16.8. The van der Waals surface area contributed by atoms with E-state index in [-0.39, 0.29) is 11.9 Å². The molecule has 4 rings (SSSR count). The minimum atomic E-state index is -0.559. The molecule has 0 aromatic heterocycles. The summed E-state index contributed by atoms with van der Waals surface area (Å²) >= 11 is 0. The zero-order valence-electron chi connectivity index (χ0n) is 14.4. The third-order valence-electron chi connectivity index (χ3n) is 5.20. The van der Waals surface area contributed by atoms with Gasteiger partial charge in [-0.1, -0.05) is 30.3 Å². The summed E-state index contributed by atoms with van der Waals surface area (Å²) in [6.07, 6.45) is 1.93. The van der Waals surface area contributed by atoms with Crippen LogP contribution in [-0.2, 0) is 17.9 Å². The second-order valence-corrected chi connectivity index (χ2v) is 6.82. The summed E-state index contributed by atoms with van der Waals surface area (Å²) in [6, 6.07) is 14.9. The topological polar surface area (TPSA) is 72.9 Å². The summed E-state index contributed by atoms with van der Waals surface area (Å²) in [5, 5.41) is 8.84. The summed E-state index contributed by atoms with van der Waals surface area (Å²) in [6.45, 7) is 2.13. The molecule has 2 aromatic carbocycles. The molecule has 134 valence electrons. The van der Waals surface area contributed by atoms with Crippen molar-refractivity contribution in [1.82, 2.24) is 10.4 Å². The number of nitrogens with one attached hydrogen (secondary N) is 1. The Morgan fingerprint density at radius 3 is 2.88 bits per heavy atom. The van der Waals surface area contributed by atoms with E-state index in [1.807, 2.05) is 29.2 Å². The van der Waals surface area contributed by atoms with Gasteiger partial charge in [-0.2, -0.15) is 0 Å². The van der Waals surface area contributed by atoms with E-state index < -0.39 is 5.91 Å². The van der Waals surface area contributed by atoms with Crippen molar-refractivity contribution >= 4 is 17.5 Å². The lowest BCUT2D eigenvalue weighted by molar-refractivity contribution is -0.122. The fourth-order valence-electron chi connectivity index (χ4n) is 3.94. The van der Waals surface area contributed by atoms with E-state index in [9.17, 15) is 9.59 Å². The first-order chi connectivity index (χ1) is 12.7. The normalized spacial score (nSPS) is 19.7. The lowest BCUT2D eigenvalue weighted by Gasteiger charge is -2.26. The van der Waals surface area contributed by atoms with Crippen LogP contribution >= 0.6 is 0 Å². The molecule has 2 aromatic rings. The fourth-order valence-corrected chi connectivity index (χ4v) is 3.94. The Kier molecular flexibility index (Phi) is 4.44. The van der Waals surface area contributed by atoms with Gasteiger partial charge in [-0.05, 0) is 48.7 Å². The number of fused-ring (bicyclic) bond motifs is 2. The van der Waals surface area contributed by atoms with Crippen molar-refractivity contribution in [3.05, 3.63) is 65.2 Å². The van der Waals surface area contributed by atoms with Crippen LogP contribution in [0.3, 0.4) is 0 Å². The highest BCUT2D eigenvalue weighted by Gasteiger charge is 2.37. The molecule has 6 nitrogen and oxygen atoms in total. The van der Waals surface area contributed by atoms with Crippen molar-refractivity contribution in [3.8, 4) is 0 Å². The quantitative estimate of drug-likeness (QED) is 0.657. The van der Waals surface area contributed by atoms with Crippen LogP contribution in [0.2, 0.25) is 0 Å². The largest absolute Gasteiger partial charge is 0.306 e. The third kappa shape index (κ3) is 2.98. The maximum absolute atomic E-state index is 13.2. The number of rotatable bonds is 3. The van der Waals surface area contributed by atoms with Gasteiger partial charge in [-0.25, -0.2) is 5.48 Å². The summed E-state index contributed by atoms with van der Waals surface area (Å²) in [5.74, 6) is -0.444. The Hall–Kier alpha value is -2.70. The summed E-state index contributed by atoms with van der Waals surface area (Å²) in [5.41, 5.74) is 4.94. The minimum Gasteiger partial charge on any atom is -0.306 e. The highest BCUT2D eigenvalue weighted by atomic mass is 16.5. The summed E-state index contributed by atoms with van der Waals surface area (Å²) < 4.78 is 0. The smallest absolute Gasteiger partial charge is 0.274 e. The molecule has 2 heterocycles. The third-order valence-corrected chi connectivity index (χ3v) is 5.20. The van der Waals surface area contributed by atoms with E-state index in [4.69, 9.17) is 5.21 Å². The molecule has 1 atom stereocenters. The number of para-hydroxylation sites is 1. The van der Waals surface area contributed by atoms with Crippen molar-refractivity contribution < 1.29 is 14.8 Å². The summed E-state index contributed by atoms with van der Waals surface area (Å²) in [7, 11) is 0. The van der Waals surface area contributed by atoms with Gasteiger partial charge >= 0.3 is 0 Å². The Morgan fingerprint density at radius 2 is 2.04 bits per heavy atom. The van der Waals surface area contributed by atoms with Gasteiger partial charge < -0.3 is 4.90 Å². The lowest BCUT2D eigenvalue weighted by atomic mass is 10.1. The lowest BCUT2D eigenvalue weighted by Crippen LogP contribution is -2.42. The molecule has 2 aliphatic heterocycles. The van der Waals surface area contributed by atoms with E-state index in [2.05, 4.69) is 11.0 Å². The molecule has 2 aliphatic rings. The highest BCUT2D eigenvalue weighted by molar-refractivity contribution is 5.99. The molecule has 0 aliphatic carbocycles. The highest BCUT2D eigenvalue weighted by Crippen LogP contribution is 2.33. The van der Waals surface area contributed by atoms with Crippen molar-refractivity contribution in [2.75, 3.05) is 11.4 Å². The van der Waals surface area contributed by atoms with Crippen LogP contribution in [0.25, 0.3) is 0 Å². The average molecular weight is 351 g/mol. The number of hydrogen-bond donors (Lipinski definition) is 2. The molecule has 0 unspecified atom stereocenters. The number of amides is 2. The minimum absolute atomic E-state index is 0.0775. The summed E-state index contributed by atoms with van der Waals surface area (Å²) in [4.78, 5) is 29.0. The Labute approximate surface area is 152 Å². The molecule has 2 amide bonds. The van der Waals surface area contributed by atoms with E-state index in [1.165, 1.54) is 0 Å². The van der Waals surface area contributed by atoms with Gasteiger partial charge in [-0.15, -0.1) is 0 Å². The SMILES string of the molecule is O=C(NO)c1cccc(CN2C(=O)[C@@H]3CCCN3Cc3ccccc32)c1. The van der Waals surface area contributed by atoms with Gasteiger partial charge in [0.15, 0.2) is 0 Å². The van der Waals surface area contributed by atoms with E-state index in [0.717, 1.165) is 42.7 Å². The number of benzene rings is 2. The number of carbonyl (C=O) groups is 2. The number of hydroxylamine groups is 1. The second-order valence-electron chi connectivity index (χ2n) is 6.82. The Morgan fingerprint density at radius 1 is 1.19 bits per heavy atom. The second kappa shape index (κ2) is 6.90. The van der Waals surface area contributed by atoms with Gasteiger partial charge in [0.2, 0.25) is 5.91 Å². The first-order valence-corrected chi connectivity index (χ1v) is 8.84. The van der Waals surface area contributed by atoms with Crippen LogP contribution in [0.5, 0.6) is 0 Å². The molecule has 1 saturated heterocycles. The van der Waals surface area contributed by atoms with Crippen LogP contribution < -0.4 is 10.4 Å². The molecular weight excluding hydrogens is 330 g/mol. The number of anilines is 1. The molecule has 1 fully saturated rings. The standard InChI is InChI=1S/C20H21N3O3/c24-19(21-26)15-7-3-5-14(11-15)12-23-17-8-2-1-6-16(17)13-22-10-4-9-18(22)20(23)25/h1-3,5-8,11,18,26H,4,9-10,12-13H2,(H,21,24)/t18-/m0/s1. The van der Waals surface area contributed by atoms with E-state index in [1.54, 1.807) is 23.7 Å². The number of carbonyl (C=O) groups excluding carboxylic acids is 2. The molecule has 6 heteroatoms. The van der Waals surface area contributed by atoms with Crippen LogP contribution in [-0.4, -0.2) is 34.5 Å². The number of hydrogen-bond acceptors (Lipinski definition) is 4. The molecular formula is C20H21N3O3. The molecule has 0 spiro atoms. The molecule has 0 saturated carbocycles. The van der Waals surface area contributed by atoms with Crippen molar-refractivity contribution in [2.45, 2.75) is 32.0 Å².